The van der Waals surface area contributed by atoms with E-state index in [0.29, 0.717) is 13.0 Å². The molecule has 1 fully saturated rings. The topological polar surface area (TPSA) is 61.4 Å². The third-order valence-electron chi connectivity index (χ3n) is 2.81. The zero-order valence-corrected chi connectivity index (χ0v) is 11.9. The van der Waals surface area contributed by atoms with E-state index in [-0.39, 0.29) is 30.8 Å². The van der Waals surface area contributed by atoms with Gasteiger partial charge in [-0.25, -0.2) is 0 Å². The molecule has 0 aromatic carbocycles. The van der Waals surface area contributed by atoms with Gasteiger partial charge in [0.25, 0.3) is 0 Å². The predicted molar refractivity (Wildman–Crippen MR) is 73.8 cm³/mol. The molecule has 18 heavy (non-hydrogen) atoms. The first-order chi connectivity index (χ1) is 8.24. The molecule has 0 aromatic rings. The van der Waals surface area contributed by atoms with E-state index in [1.54, 1.807) is 4.90 Å². The lowest BCUT2D eigenvalue weighted by atomic mass is 10.1. The maximum Gasteiger partial charge on any atom is 0.239 e. The van der Waals surface area contributed by atoms with Gasteiger partial charge in [0.1, 0.15) is 0 Å². The van der Waals surface area contributed by atoms with E-state index in [1.807, 2.05) is 0 Å². The van der Waals surface area contributed by atoms with Gasteiger partial charge in [-0.15, -0.1) is 12.4 Å². The van der Waals surface area contributed by atoms with E-state index in [4.69, 9.17) is 0 Å². The molecule has 106 valence electrons. The zero-order valence-electron chi connectivity index (χ0n) is 11.0. The molecule has 0 aliphatic carbocycles. The van der Waals surface area contributed by atoms with Crippen molar-refractivity contribution in [1.29, 1.82) is 0 Å². The average Bonchev–Trinajstić information content (AvgIpc) is 2.32. The lowest BCUT2D eigenvalue weighted by Crippen LogP contribution is -2.44. The standard InChI is InChI=1S/C12H23N3O2.ClH/c1-2-6-13-7-8-14-11(16)10-15-9-4-3-5-12(15)17;/h13H,2-10H2,1H3,(H,14,16);1H. The average molecular weight is 278 g/mol. The number of nitrogens with zero attached hydrogens (tertiary/aromatic N) is 1. The summed E-state index contributed by atoms with van der Waals surface area (Å²) in [4.78, 5) is 24.7. The van der Waals surface area contributed by atoms with Gasteiger partial charge < -0.3 is 15.5 Å². The van der Waals surface area contributed by atoms with Crippen LogP contribution in [0.2, 0.25) is 0 Å². The van der Waals surface area contributed by atoms with Gasteiger partial charge in [-0.3, -0.25) is 9.59 Å². The van der Waals surface area contributed by atoms with Crippen molar-refractivity contribution in [2.24, 2.45) is 0 Å². The molecule has 0 bridgehead atoms. The van der Waals surface area contributed by atoms with E-state index in [1.165, 1.54) is 0 Å². The summed E-state index contributed by atoms with van der Waals surface area (Å²) in [5, 5.41) is 6.02. The van der Waals surface area contributed by atoms with Crippen LogP contribution in [0.4, 0.5) is 0 Å². The largest absolute Gasteiger partial charge is 0.353 e. The van der Waals surface area contributed by atoms with Crippen molar-refractivity contribution in [1.82, 2.24) is 15.5 Å². The van der Waals surface area contributed by atoms with Crippen LogP contribution in [0.3, 0.4) is 0 Å². The van der Waals surface area contributed by atoms with Crippen LogP contribution in [0.25, 0.3) is 0 Å². The van der Waals surface area contributed by atoms with Crippen molar-refractivity contribution in [3.8, 4) is 0 Å². The molecule has 6 heteroatoms. The maximum atomic E-state index is 11.6. The Balaban J connectivity index is 0.00000289. The number of rotatable bonds is 7. The molecule has 5 nitrogen and oxygen atoms in total. The number of likely N-dealkylation sites (tertiary alicyclic amines) is 1. The minimum Gasteiger partial charge on any atom is -0.353 e. The molecular formula is C12H24ClN3O2. The summed E-state index contributed by atoms with van der Waals surface area (Å²) in [5.74, 6) is 0.0501. The van der Waals surface area contributed by atoms with E-state index in [9.17, 15) is 9.59 Å². The number of halogens is 1. The number of nitrogens with one attached hydrogen (secondary N) is 2. The molecule has 1 saturated heterocycles. The van der Waals surface area contributed by atoms with Crippen molar-refractivity contribution < 1.29 is 9.59 Å². The Kier molecular flexibility index (Phi) is 9.69. The first kappa shape index (κ1) is 17.2. The van der Waals surface area contributed by atoms with Gasteiger partial charge in [-0.2, -0.15) is 0 Å². The molecule has 0 unspecified atom stereocenters. The summed E-state index contributed by atoms with van der Waals surface area (Å²) >= 11 is 0. The van der Waals surface area contributed by atoms with Crippen molar-refractivity contribution in [2.75, 3.05) is 32.7 Å². The van der Waals surface area contributed by atoms with Crippen LogP contribution in [0.5, 0.6) is 0 Å². The fourth-order valence-corrected chi connectivity index (χ4v) is 1.85. The Hall–Kier alpha value is -0.810. The van der Waals surface area contributed by atoms with Crippen LogP contribution in [0.15, 0.2) is 0 Å². The second-order valence-corrected chi connectivity index (χ2v) is 4.37. The van der Waals surface area contributed by atoms with Crippen molar-refractivity contribution in [2.45, 2.75) is 32.6 Å². The summed E-state index contributed by atoms with van der Waals surface area (Å²) in [6.07, 6.45) is 3.65. The Morgan fingerprint density at radius 1 is 1.28 bits per heavy atom. The van der Waals surface area contributed by atoms with Gasteiger partial charge in [0, 0.05) is 26.1 Å². The maximum absolute atomic E-state index is 11.6. The summed E-state index contributed by atoms with van der Waals surface area (Å²) < 4.78 is 0. The minimum absolute atomic E-state index is 0. The third-order valence-corrected chi connectivity index (χ3v) is 2.81. The molecule has 1 aliphatic heterocycles. The second kappa shape index (κ2) is 10.1. The molecule has 0 aromatic heterocycles. The number of piperidine rings is 1. The molecule has 0 spiro atoms. The van der Waals surface area contributed by atoms with Crippen molar-refractivity contribution in [3.05, 3.63) is 0 Å². The smallest absolute Gasteiger partial charge is 0.239 e. The summed E-state index contributed by atoms with van der Waals surface area (Å²) in [6, 6.07) is 0. The Bertz CT molecular complexity index is 262. The van der Waals surface area contributed by atoms with E-state index < -0.39 is 0 Å². The summed E-state index contributed by atoms with van der Waals surface area (Å²) in [5.41, 5.74) is 0. The van der Waals surface area contributed by atoms with Crippen molar-refractivity contribution >= 4 is 24.2 Å². The number of carbonyl (C=O) groups is 2. The Morgan fingerprint density at radius 3 is 2.72 bits per heavy atom. The summed E-state index contributed by atoms with van der Waals surface area (Å²) in [7, 11) is 0. The zero-order chi connectivity index (χ0) is 12.5. The summed E-state index contributed by atoms with van der Waals surface area (Å²) in [6.45, 7) is 5.43. The fourth-order valence-electron chi connectivity index (χ4n) is 1.85. The molecule has 1 heterocycles. The lowest BCUT2D eigenvalue weighted by molar-refractivity contribution is -0.137. The highest BCUT2D eigenvalue weighted by atomic mass is 35.5. The number of carbonyl (C=O) groups excluding carboxylic acids is 2. The van der Waals surface area contributed by atoms with Gasteiger partial charge in [-0.1, -0.05) is 6.92 Å². The first-order valence-corrected chi connectivity index (χ1v) is 6.49. The third kappa shape index (κ3) is 6.81. The molecule has 0 saturated carbocycles. The van der Waals surface area contributed by atoms with Crippen LogP contribution in [0.1, 0.15) is 32.6 Å². The van der Waals surface area contributed by atoms with Gasteiger partial charge in [0.15, 0.2) is 0 Å². The van der Waals surface area contributed by atoms with E-state index in [0.717, 1.165) is 38.9 Å². The number of hydrogen-bond acceptors (Lipinski definition) is 3. The highest BCUT2D eigenvalue weighted by Gasteiger charge is 2.19. The highest BCUT2D eigenvalue weighted by Crippen LogP contribution is 2.09. The normalized spacial score (nSPS) is 15.2. The minimum atomic E-state index is -0.0569. The molecule has 1 rings (SSSR count). The van der Waals surface area contributed by atoms with E-state index >= 15 is 0 Å². The second-order valence-electron chi connectivity index (χ2n) is 4.37. The first-order valence-electron chi connectivity index (χ1n) is 6.49. The molecular weight excluding hydrogens is 254 g/mol. The molecule has 0 radical (unpaired) electrons. The van der Waals surface area contributed by atoms with E-state index in [2.05, 4.69) is 17.6 Å². The van der Waals surface area contributed by atoms with Crippen molar-refractivity contribution in [3.63, 3.8) is 0 Å². The van der Waals surface area contributed by atoms with Crippen LogP contribution in [0, 0.1) is 0 Å². The fraction of sp³-hybridized carbons (Fsp3) is 0.833. The van der Waals surface area contributed by atoms with Gasteiger partial charge in [0.05, 0.1) is 6.54 Å². The van der Waals surface area contributed by atoms with Gasteiger partial charge in [0.2, 0.25) is 11.8 Å². The van der Waals surface area contributed by atoms with Crippen LogP contribution in [-0.2, 0) is 9.59 Å². The van der Waals surface area contributed by atoms with Gasteiger partial charge in [-0.05, 0) is 25.8 Å². The van der Waals surface area contributed by atoms with Crippen LogP contribution >= 0.6 is 12.4 Å². The Morgan fingerprint density at radius 2 is 2.06 bits per heavy atom. The Labute approximate surface area is 115 Å². The van der Waals surface area contributed by atoms with Crippen LogP contribution in [-0.4, -0.2) is 49.4 Å². The monoisotopic (exact) mass is 277 g/mol. The molecule has 2 N–H and O–H groups in total. The quantitative estimate of drug-likeness (QED) is 0.668. The predicted octanol–water partition coefficient (Wildman–Crippen LogP) is 0.536. The molecule has 2 amide bonds. The van der Waals surface area contributed by atoms with Gasteiger partial charge >= 0.3 is 0 Å². The molecule has 1 aliphatic rings. The number of amides is 2. The highest BCUT2D eigenvalue weighted by molar-refractivity contribution is 5.85. The molecule has 0 atom stereocenters. The SMILES string of the molecule is CCCNCCNC(=O)CN1CCCCC1=O.Cl. The number of hydrogen-bond donors (Lipinski definition) is 2. The van der Waals surface area contributed by atoms with Crippen LogP contribution < -0.4 is 10.6 Å². The lowest BCUT2D eigenvalue weighted by Gasteiger charge is -2.25.